The second kappa shape index (κ2) is 6.29. The Kier molecular flexibility index (Phi) is 4.52. The predicted octanol–water partition coefficient (Wildman–Crippen LogP) is 5.93. The molecule has 4 aliphatic rings. The molecule has 0 radical (unpaired) electrons. The maximum atomic E-state index is 5.74. The molecule has 4 saturated carbocycles. The van der Waals surface area contributed by atoms with Gasteiger partial charge in [0.2, 0.25) is 0 Å². The molecular weight excluding hydrogens is 328 g/mol. The fraction of sp³-hybridized carbons (Fsp3) is 0.846. The molecule has 0 N–H and O–H groups in total. The summed E-state index contributed by atoms with van der Waals surface area (Å²) in [6.45, 7) is 15.8. The summed E-state index contributed by atoms with van der Waals surface area (Å²) in [5.74, 6) is 16.6. The van der Waals surface area contributed by atoms with Crippen molar-refractivity contribution in [1.29, 1.82) is 0 Å². The van der Waals surface area contributed by atoms with Crippen LogP contribution in [-0.4, -0.2) is 13.2 Å². The van der Waals surface area contributed by atoms with Gasteiger partial charge in [-0.3, -0.25) is 0 Å². The van der Waals surface area contributed by atoms with E-state index in [1.165, 1.54) is 38.5 Å². The van der Waals surface area contributed by atoms with Crippen LogP contribution in [0.15, 0.2) is 0 Å². The molecule has 0 aliphatic heterocycles. The first kappa shape index (κ1) is 19.4. The highest BCUT2D eigenvalue weighted by atomic mass is 16.5. The van der Waals surface area contributed by atoms with E-state index in [1.807, 2.05) is 0 Å². The summed E-state index contributed by atoms with van der Waals surface area (Å²) in [4.78, 5) is 0. The molecule has 1 heteroatoms. The van der Waals surface area contributed by atoms with E-state index < -0.39 is 0 Å². The lowest BCUT2D eigenvalue weighted by molar-refractivity contribution is 0.127. The number of rotatable bonds is 2. The van der Waals surface area contributed by atoms with Crippen molar-refractivity contribution in [3.63, 3.8) is 0 Å². The minimum absolute atomic E-state index is 0.397. The van der Waals surface area contributed by atoms with Gasteiger partial charge in [0.15, 0.2) is 0 Å². The van der Waals surface area contributed by atoms with Gasteiger partial charge in [-0.15, -0.1) is 0 Å². The van der Waals surface area contributed by atoms with Crippen LogP contribution in [0.25, 0.3) is 0 Å². The molecule has 6 atom stereocenters. The monoisotopic (exact) mass is 366 g/mol. The molecule has 4 rings (SSSR count). The SMILES string of the molecule is CC1(C)C2CCC1(C)C(C#CCOCC#CC1CC3CCC1(C)C3(C)C)C2. The number of fused-ring (bicyclic) bond motifs is 4. The molecule has 0 aromatic rings. The third-order valence-electron chi connectivity index (χ3n) is 10.5. The van der Waals surface area contributed by atoms with Crippen molar-refractivity contribution >= 4 is 0 Å². The highest BCUT2D eigenvalue weighted by Gasteiger charge is 2.61. The van der Waals surface area contributed by atoms with E-state index in [-0.39, 0.29) is 0 Å². The van der Waals surface area contributed by atoms with Gasteiger partial charge in [-0.05, 0) is 72.0 Å². The summed E-state index contributed by atoms with van der Waals surface area (Å²) in [5.41, 5.74) is 1.69. The van der Waals surface area contributed by atoms with Gasteiger partial charge in [-0.2, -0.15) is 0 Å². The molecule has 148 valence electrons. The van der Waals surface area contributed by atoms with E-state index >= 15 is 0 Å². The normalized spacial score (nSPS) is 45.3. The average molecular weight is 367 g/mol. The first-order valence-corrected chi connectivity index (χ1v) is 11.2. The molecule has 0 heterocycles. The van der Waals surface area contributed by atoms with Crippen molar-refractivity contribution in [3.8, 4) is 23.7 Å². The van der Waals surface area contributed by atoms with Crippen molar-refractivity contribution in [1.82, 2.24) is 0 Å². The Hall–Kier alpha value is -0.920. The Morgan fingerprint density at radius 3 is 1.41 bits per heavy atom. The van der Waals surface area contributed by atoms with Crippen LogP contribution in [0.4, 0.5) is 0 Å². The number of hydrogen-bond acceptors (Lipinski definition) is 1. The zero-order valence-electron chi connectivity index (χ0n) is 18.4. The lowest BCUT2D eigenvalue weighted by atomic mass is 9.67. The van der Waals surface area contributed by atoms with Crippen LogP contribution in [0.2, 0.25) is 0 Å². The molecule has 0 aromatic heterocycles. The summed E-state index contributed by atoms with van der Waals surface area (Å²) in [5, 5.41) is 0. The number of ether oxygens (including phenoxy) is 1. The summed E-state index contributed by atoms with van der Waals surface area (Å²) in [6.07, 6.45) is 8.04. The van der Waals surface area contributed by atoms with Crippen LogP contribution < -0.4 is 0 Å². The fourth-order valence-electron chi connectivity index (χ4n) is 7.33. The van der Waals surface area contributed by atoms with Gasteiger partial charge in [-0.25, -0.2) is 0 Å². The second-order valence-electron chi connectivity index (χ2n) is 11.5. The Morgan fingerprint density at radius 1 is 0.704 bits per heavy atom. The van der Waals surface area contributed by atoms with Crippen LogP contribution in [-0.2, 0) is 4.74 Å². The third kappa shape index (κ3) is 2.64. The predicted molar refractivity (Wildman–Crippen MR) is 112 cm³/mol. The van der Waals surface area contributed by atoms with E-state index in [0.29, 0.717) is 46.7 Å². The highest BCUT2D eigenvalue weighted by molar-refractivity contribution is 5.21. The van der Waals surface area contributed by atoms with E-state index in [2.05, 4.69) is 65.2 Å². The molecule has 0 amide bonds. The molecule has 4 bridgehead atoms. The minimum atomic E-state index is 0.397. The van der Waals surface area contributed by atoms with E-state index in [9.17, 15) is 0 Å². The van der Waals surface area contributed by atoms with Crippen LogP contribution >= 0.6 is 0 Å². The standard InChI is InChI=1S/C26H38O/c1-23(2)19-11-13-25(23,5)21(17-19)9-7-15-27-16-8-10-22-18-20-12-14-26(22,6)24(20,3)4/h19-22H,11-18H2,1-6H3. The van der Waals surface area contributed by atoms with E-state index in [1.54, 1.807) is 0 Å². The molecule has 0 spiro atoms. The Labute approximate surface area is 167 Å². The third-order valence-corrected chi connectivity index (χ3v) is 10.5. The van der Waals surface area contributed by atoms with Crippen LogP contribution in [0.5, 0.6) is 0 Å². The first-order chi connectivity index (χ1) is 12.6. The summed E-state index contributed by atoms with van der Waals surface area (Å²) >= 11 is 0. The quantitative estimate of drug-likeness (QED) is 0.434. The molecule has 4 aliphatic carbocycles. The summed E-state index contributed by atoms with van der Waals surface area (Å²) < 4.78 is 5.74. The van der Waals surface area contributed by atoms with Crippen molar-refractivity contribution < 1.29 is 4.74 Å². The highest BCUT2D eigenvalue weighted by Crippen LogP contribution is 2.68. The summed E-state index contributed by atoms with van der Waals surface area (Å²) in [7, 11) is 0. The van der Waals surface area contributed by atoms with Gasteiger partial charge in [0, 0.05) is 11.8 Å². The van der Waals surface area contributed by atoms with E-state index in [0.717, 1.165) is 11.8 Å². The molecule has 0 saturated heterocycles. The molecular formula is C26H38O. The topological polar surface area (TPSA) is 9.23 Å². The van der Waals surface area contributed by atoms with Crippen LogP contribution in [0.1, 0.15) is 80.1 Å². The van der Waals surface area contributed by atoms with Gasteiger partial charge in [0.05, 0.1) is 0 Å². The maximum absolute atomic E-state index is 5.74. The van der Waals surface area contributed by atoms with Crippen LogP contribution in [0, 0.1) is 69.0 Å². The van der Waals surface area contributed by atoms with Crippen molar-refractivity contribution in [2.45, 2.75) is 80.1 Å². The zero-order valence-corrected chi connectivity index (χ0v) is 18.4. The maximum Gasteiger partial charge on any atom is 0.109 e. The van der Waals surface area contributed by atoms with Gasteiger partial charge in [0.25, 0.3) is 0 Å². The van der Waals surface area contributed by atoms with Gasteiger partial charge in [0.1, 0.15) is 13.2 Å². The largest absolute Gasteiger partial charge is 0.356 e. The van der Waals surface area contributed by atoms with Gasteiger partial charge < -0.3 is 4.74 Å². The van der Waals surface area contributed by atoms with Crippen LogP contribution in [0.3, 0.4) is 0 Å². The molecule has 27 heavy (non-hydrogen) atoms. The Bertz CT molecular complexity index is 661. The Balaban J connectivity index is 1.26. The van der Waals surface area contributed by atoms with E-state index in [4.69, 9.17) is 4.74 Å². The van der Waals surface area contributed by atoms with Gasteiger partial charge in [-0.1, -0.05) is 65.2 Å². The molecule has 6 unspecified atom stereocenters. The molecule has 4 fully saturated rings. The molecule has 0 aromatic carbocycles. The summed E-state index contributed by atoms with van der Waals surface area (Å²) in [6, 6.07) is 0. The lowest BCUT2D eigenvalue weighted by Crippen LogP contribution is -2.31. The van der Waals surface area contributed by atoms with Crippen molar-refractivity contribution in [2.75, 3.05) is 13.2 Å². The zero-order chi connectivity index (χ0) is 19.5. The minimum Gasteiger partial charge on any atom is -0.356 e. The fourth-order valence-corrected chi connectivity index (χ4v) is 7.33. The smallest absolute Gasteiger partial charge is 0.109 e. The Morgan fingerprint density at radius 2 is 1.11 bits per heavy atom. The number of hydrogen-bond donors (Lipinski definition) is 0. The second-order valence-corrected chi connectivity index (χ2v) is 11.5. The van der Waals surface area contributed by atoms with Crippen molar-refractivity contribution in [2.24, 2.45) is 45.3 Å². The van der Waals surface area contributed by atoms with Crippen molar-refractivity contribution in [3.05, 3.63) is 0 Å². The first-order valence-electron chi connectivity index (χ1n) is 11.2. The molecule has 1 nitrogen and oxygen atoms in total. The van der Waals surface area contributed by atoms with Gasteiger partial charge >= 0.3 is 0 Å². The average Bonchev–Trinajstić information content (AvgIpc) is 3.12. The lowest BCUT2D eigenvalue weighted by Gasteiger charge is -2.37.